The number of aromatic nitrogens is 2. The fourth-order valence-electron chi connectivity index (χ4n) is 2.00. The van der Waals surface area contributed by atoms with Crippen molar-refractivity contribution in [2.24, 2.45) is 0 Å². The highest BCUT2D eigenvalue weighted by Gasteiger charge is 2.17. The zero-order valence-corrected chi connectivity index (χ0v) is 10.8. The molecule has 1 unspecified atom stereocenters. The van der Waals surface area contributed by atoms with E-state index >= 15 is 0 Å². The number of rotatable bonds is 4. The second kappa shape index (κ2) is 5.48. The lowest BCUT2D eigenvalue weighted by Gasteiger charge is -2.16. The maximum absolute atomic E-state index is 13.5. The Balaban J connectivity index is 2.21. The first kappa shape index (κ1) is 13.7. The maximum atomic E-state index is 13.5. The maximum Gasteiger partial charge on any atom is 0.129 e. The number of benzene rings is 1. The minimum atomic E-state index is -0.870. The Kier molecular flexibility index (Phi) is 3.95. The number of hydrogen-bond donors (Lipinski definition) is 1. The first-order chi connectivity index (χ1) is 8.99. The summed E-state index contributed by atoms with van der Waals surface area (Å²) >= 11 is 0. The Bertz CT molecular complexity index is 566. The average Bonchev–Trinajstić information content (AvgIpc) is 2.82. The van der Waals surface area contributed by atoms with Crippen LogP contribution in [0.2, 0.25) is 0 Å². The Hall–Kier alpha value is -1.75. The highest BCUT2D eigenvalue weighted by Crippen LogP contribution is 2.22. The molecule has 0 fully saturated rings. The van der Waals surface area contributed by atoms with Crippen LogP contribution in [-0.4, -0.2) is 14.7 Å². The largest absolute Gasteiger partial charge is 0.386 e. The molecule has 1 aromatic heterocycles. The summed E-state index contributed by atoms with van der Waals surface area (Å²) in [6, 6.07) is 3.52. The molecule has 0 bridgehead atoms. The molecule has 102 valence electrons. The van der Waals surface area contributed by atoms with Gasteiger partial charge in [0.15, 0.2) is 0 Å². The molecule has 0 aliphatic carbocycles. The van der Waals surface area contributed by atoms with Crippen molar-refractivity contribution < 1.29 is 13.9 Å². The van der Waals surface area contributed by atoms with Gasteiger partial charge in [-0.05, 0) is 25.5 Å². The highest BCUT2D eigenvalue weighted by molar-refractivity contribution is 5.21. The second-order valence-electron chi connectivity index (χ2n) is 4.78. The third kappa shape index (κ3) is 2.98. The van der Waals surface area contributed by atoms with Crippen LogP contribution in [0.15, 0.2) is 30.7 Å². The highest BCUT2D eigenvalue weighted by atomic mass is 19.1. The van der Waals surface area contributed by atoms with Crippen molar-refractivity contribution in [1.82, 2.24) is 9.55 Å². The Morgan fingerprint density at radius 3 is 2.68 bits per heavy atom. The first-order valence-corrected chi connectivity index (χ1v) is 6.12. The molecule has 1 atom stereocenters. The van der Waals surface area contributed by atoms with Gasteiger partial charge < -0.3 is 9.67 Å². The van der Waals surface area contributed by atoms with Gasteiger partial charge in [-0.2, -0.15) is 0 Å². The van der Waals surface area contributed by atoms with Crippen molar-refractivity contribution in [3.8, 4) is 0 Å². The lowest BCUT2D eigenvalue weighted by Crippen LogP contribution is -2.11. The van der Waals surface area contributed by atoms with E-state index in [1.165, 1.54) is 12.1 Å². The van der Waals surface area contributed by atoms with Crippen LogP contribution in [0.5, 0.6) is 0 Å². The van der Waals surface area contributed by atoms with E-state index in [0.717, 1.165) is 6.07 Å². The van der Waals surface area contributed by atoms with Gasteiger partial charge in [0.1, 0.15) is 11.6 Å². The van der Waals surface area contributed by atoms with Crippen LogP contribution in [0.4, 0.5) is 8.78 Å². The van der Waals surface area contributed by atoms with Gasteiger partial charge in [-0.1, -0.05) is 6.07 Å². The summed E-state index contributed by atoms with van der Waals surface area (Å²) in [7, 11) is 0. The van der Waals surface area contributed by atoms with Crippen LogP contribution in [0.25, 0.3) is 0 Å². The summed E-state index contributed by atoms with van der Waals surface area (Å²) in [5.41, 5.74) is 0.907. The number of hydrogen-bond acceptors (Lipinski definition) is 2. The van der Waals surface area contributed by atoms with E-state index in [-0.39, 0.29) is 18.0 Å². The minimum Gasteiger partial charge on any atom is -0.386 e. The lowest BCUT2D eigenvalue weighted by molar-refractivity contribution is 0.165. The van der Waals surface area contributed by atoms with Gasteiger partial charge >= 0.3 is 0 Å². The van der Waals surface area contributed by atoms with Crippen molar-refractivity contribution in [2.75, 3.05) is 0 Å². The molecular formula is C14H16F2N2O. The molecule has 1 heterocycles. The van der Waals surface area contributed by atoms with Crippen LogP contribution in [0, 0.1) is 11.6 Å². The van der Waals surface area contributed by atoms with E-state index in [0.29, 0.717) is 5.69 Å². The van der Waals surface area contributed by atoms with Crippen LogP contribution >= 0.6 is 0 Å². The molecule has 0 aliphatic heterocycles. The van der Waals surface area contributed by atoms with Crippen molar-refractivity contribution in [2.45, 2.75) is 32.4 Å². The average molecular weight is 266 g/mol. The summed E-state index contributed by atoms with van der Waals surface area (Å²) in [4.78, 5) is 3.99. The molecule has 0 radical (unpaired) electrons. The van der Waals surface area contributed by atoms with Crippen LogP contribution in [0.1, 0.15) is 37.3 Å². The normalized spacial score (nSPS) is 12.9. The Morgan fingerprint density at radius 2 is 2.05 bits per heavy atom. The quantitative estimate of drug-likeness (QED) is 0.923. The minimum absolute atomic E-state index is 0.0878. The van der Waals surface area contributed by atoms with Gasteiger partial charge in [0, 0.05) is 18.5 Å². The van der Waals surface area contributed by atoms with E-state index in [4.69, 9.17) is 0 Å². The lowest BCUT2D eigenvalue weighted by atomic mass is 10.0. The van der Waals surface area contributed by atoms with Gasteiger partial charge in [0.25, 0.3) is 0 Å². The first-order valence-electron chi connectivity index (χ1n) is 6.12. The van der Waals surface area contributed by atoms with E-state index < -0.39 is 17.7 Å². The van der Waals surface area contributed by atoms with Crippen LogP contribution < -0.4 is 0 Å². The number of halogens is 2. The third-order valence-corrected chi connectivity index (χ3v) is 3.02. The zero-order chi connectivity index (χ0) is 14.0. The fraction of sp³-hybridized carbons (Fsp3) is 0.357. The monoisotopic (exact) mass is 266 g/mol. The van der Waals surface area contributed by atoms with E-state index in [2.05, 4.69) is 4.98 Å². The standard InChI is InChI=1S/C14H16F2N2O/c1-9(2)18-8-17-7-13(18)14(19)5-10-3-4-11(15)6-12(10)16/h3-4,6-9,14,19H,5H2,1-2H3. The molecule has 1 aromatic carbocycles. The van der Waals surface area contributed by atoms with Gasteiger partial charge in [-0.3, -0.25) is 0 Å². The van der Waals surface area contributed by atoms with Crippen molar-refractivity contribution in [3.63, 3.8) is 0 Å². The molecule has 3 nitrogen and oxygen atoms in total. The predicted octanol–water partition coefficient (Wildman–Crippen LogP) is 3.02. The van der Waals surface area contributed by atoms with Gasteiger partial charge in [0.05, 0.1) is 24.3 Å². The second-order valence-corrected chi connectivity index (χ2v) is 4.78. The van der Waals surface area contributed by atoms with Crippen molar-refractivity contribution in [1.29, 1.82) is 0 Å². The summed E-state index contributed by atoms with van der Waals surface area (Å²) < 4.78 is 28.2. The SMILES string of the molecule is CC(C)n1cncc1C(O)Cc1ccc(F)cc1F. The van der Waals surface area contributed by atoms with Gasteiger partial charge in [-0.25, -0.2) is 13.8 Å². The molecule has 2 aromatic rings. The van der Waals surface area contributed by atoms with E-state index in [1.54, 1.807) is 12.5 Å². The predicted molar refractivity (Wildman–Crippen MR) is 67.6 cm³/mol. The molecule has 0 aliphatic rings. The van der Waals surface area contributed by atoms with Crippen LogP contribution in [-0.2, 0) is 6.42 Å². The molecule has 0 saturated heterocycles. The molecule has 1 N–H and O–H groups in total. The number of aliphatic hydroxyl groups excluding tert-OH is 1. The number of imidazole rings is 1. The molecule has 5 heteroatoms. The summed E-state index contributed by atoms with van der Waals surface area (Å²) in [5, 5.41) is 10.2. The van der Waals surface area contributed by atoms with Crippen molar-refractivity contribution in [3.05, 3.63) is 53.6 Å². The van der Waals surface area contributed by atoms with Crippen LogP contribution in [0.3, 0.4) is 0 Å². The molecule has 2 rings (SSSR count). The summed E-state index contributed by atoms with van der Waals surface area (Å²) in [6.07, 6.45) is 2.41. The summed E-state index contributed by atoms with van der Waals surface area (Å²) in [5.74, 6) is -1.27. The van der Waals surface area contributed by atoms with Crippen molar-refractivity contribution >= 4 is 0 Å². The Labute approximate surface area is 110 Å². The molecule has 0 saturated carbocycles. The summed E-state index contributed by atoms with van der Waals surface area (Å²) in [6.45, 7) is 3.94. The van der Waals surface area contributed by atoms with Gasteiger partial charge in [-0.15, -0.1) is 0 Å². The molecular weight excluding hydrogens is 250 g/mol. The Morgan fingerprint density at radius 1 is 1.32 bits per heavy atom. The smallest absolute Gasteiger partial charge is 0.129 e. The number of nitrogens with zero attached hydrogens (tertiary/aromatic N) is 2. The van der Waals surface area contributed by atoms with Gasteiger partial charge in [0.2, 0.25) is 0 Å². The fourth-order valence-corrected chi connectivity index (χ4v) is 2.00. The molecule has 19 heavy (non-hydrogen) atoms. The topological polar surface area (TPSA) is 38.0 Å². The third-order valence-electron chi connectivity index (χ3n) is 3.02. The number of aliphatic hydroxyl groups is 1. The molecule has 0 amide bonds. The van der Waals surface area contributed by atoms with E-state index in [1.807, 2.05) is 18.4 Å². The zero-order valence-electron chi connectivity index (χ0n) is 10.8. The van der Waals surface area contributed by atoms with E-state index in [9.17, 15) is 13.9 Å². The molecule has 0 spiro atoms.